The van der Waals surface area contributed by atoms with Crippen molar-refractivity contribution in [3.8, 4) is 11.5 Å². The number of carbonyl (C=O) groups is 1. The second-order valence-corrected chi connectivity index (χ2v) is 4.95. The van der Waals surface area contributed by atoms with Gasteiger partial charge in [0.1, 0.15) is 11.5 Å². The zero-order valence-electron chi connectivity index (χ0n) is 12.9. The molecule has 0 aliphatic carbocycles. The molecular formula is C16H24N2O3. The highest BCUT2D eigenvalue weighted by atomic mass is 16.5. The Morgan fingerprint density at radius 3 is 2.76 bits per heavy atom. The van der Waals surface area contributed by atoms with E-state index in [4.69, 9.17) is 15.2 Å². The lowest BCUT2D eigenvalue weighted by molar-refractivity contribution is -0.127. The van der Waals surface area contributed by atoms with Gasteiger partial charge in [0.25, 0.3) is 5.91 Å². The maximum absolute atomic E-state index is 11.8. The van der Waals surface area contributed by atoms with Crippen molar-refractivity contribution < 1.29 is 14.3 Å². The molecule has 0 aromatic heterocycles. The fourth-order valence-electron chi connectivity index (χ4n) is 1.86. The minimum Gasteiger partial charge on any atom is -0.497 e. The molecule has 1 amide bonds. The molecule has 1 rings (SSSR count). The highest BCUT2D eigenvalue weighted by Gasteiger charge is 2.16. The zero-order chi connectivity index (χ0) is 15.8. The number of hydrogen-bond donors (Lipinski definition) is 2. The topological polar surface area (TPSA) is 73.6 Å². The van der Waals surface area contributed by atoms with Gasteiger partial charge in [-0.25, -0.2) is 0 Å². The first-order valence-electron chi connectivity index (χ1n) is 6.95. The van der Waals surface area contributed by atoms with Gasteiger partial charge in [-0.2, -0.15) is 0 Å². The second-order valence-electron chi connectivity index (χ2n) is 4.95. The molecule has 5 nitrogen and oxygen atoms in total. The third kappa shape index (κ3) is 5.47. The molecule has 0 saturated heterocycles. The average molecular weight is 292 g/mol. The summed E-state index contributed by atoms with van der Waals surface area (Å²) in [4.78, 5) is 11.8. The second kappa shape index (κ2) is 8.32. The fraction of sp³-hybridized carbons (Fsp3) is 0.438. The van der Waals surface area contributed by atoms with Crippen LogP contribution in [0.2, 0.25) is 0 Å². The number of nitrogens with two attached hydrogens (primary N) is 1. The molecule has 0 saturated carbocycles. The van der Waals surface area contributed by atoms with Crippen LogP contribution in [0.25, 0.3) is 0 Å². The summed E-state index contributed by atoms with van der Waals surface area (Å²) in [6, 6.07) is 5.47. The van der Waals surface area contributed by atoms with Crippen LogP contribution in [0, 0.1) is 0 Å². The molecule has 0 fully saturated rings. The third-order valence-electron chi connectivity index (χ3n) is 2.90. The molecule has 1 aromatic rings. The summed E-state index contributed by atoms with van der Waals surface area (Å²) in [6.45, 7) is 7.60. The molecular weight excluding hydrogens is 268 g/mol. The van der Waals surface area contributed by atoms with E-state index in [-0.39, 0.29) is 11.9 Å². The van der Waals surface area contributed by atoms with E-state index >= 15 is 0 Å². The molecule has 0 aliphatic rings. The van der Waals surface area contributed by atoms with Gasteiger partial charge in [-0.3, -0.25) is 4.79 Å². The number of hydrogen-bond acceptors (Lipinski definition) is 4. The first kappa shape index (κ1) is 17.0. The van der Waals surface area contributed by atoms with E-state index in [0.29, 0.717) is 18.7 Å². The maximum Gasteiger partial charge on any atom is 0.261 e. The Labute approximate surface area is 126 Å². The van der Waals surface area contributed by atoms with Crippen LogP contribution >= 0.6 is 0 Å². The summed E-state index contributed by atoms with van der Waals surface area (Å²) in [5.74, 6) is 1.20. The summed E-state index contributed by atoms with van der Waals surface area (Å²) >= 11 is 0. The van der Waals surface area contributed by atoms with E-state index in [1.54, 1.807) is 32.2 Å². The first-order chi connectivity index (χ1) is 9.97. The maximum atomic E-state index is 11.8. The lowest BCUT2D eigenvalue weighted by atomic mass is 10.1. The van der Waals surface area contributed by atoms with Crippen LogP contribution in [0.1, 0.15) is 19.4 Å². The molecule has 5 heteroatoms. The Hall–Kier alpha value is -2.01. The minimum absolute atomic E-state index is 0.00986. The van der Waals surface area contributed by atoms with E-state index in [9.17, 15) is 4.79 Å². The van der Waals surface area contributed by atoms with Gasteiger partial charge in [-0.1, -0.05) is 6.08 Å². The summed E-state index contributed by atoms with van der Waals surface area (Å²) in [5.41, 5.74) is 6.78. The van der Waals surface area contributed by atoms with Crippen molar-refractivity contribution in [2.45, 2.75) is 32.4 Å². The molecule has 3 N–H and O–H groups in total. The van der Waals surface area contributed by atoms with Crippen LogP contribution < -0.4 is 20.5 Å². The quantitative estimate of drug-likeness (QED) is 0.715. The summed E-state index contributed by atoms with van der Waals surface area (Å²) in [5, 5.41) is 2.70. The van der Waals surface area contributed by atoms with E-state index in [0.717, 1.165) is 11.3 Å². The number of carbonyl (C=O) groups excluding carboxylic acids is 1. The van der Waals surface area contributed by atoms with Crippen molar-refractivity contribution in [2.24, 2.45) is 5.73 Å². The highest BCUT2D eigenvalue weighted by molar-refractivity contribution is 5.80. The van der Waals surface area contributed by atoms with Crippen LogP contribution in [0.4, 0.5) is 0 Å². The van der Waals surface area contributed by atoms with E-state index in [2.05, 4.69) is 11.9 Å². The van der Waals surface area contributed by atoms with Crippen molar-refractivity contribution in [2.75, 3.05) is 13.7 Å². The van der Waals surface area contributed by atoms with Crippen molar-refractivity contribution >= 4 is 5.91 Å². The summed E-state index contributed by atoms with van der Waals surface area (Å²) < 4.78 is 11.0. The van der Waals surface area contributed by atoms with E-state index < -0.39 is 6.10 Å². The normalized spacial score (nSPS) is 13.1. The molecule has 2 unspecified atom stereocenters. The Kier molecular flexibility index (Phi) is 6.75. The molecule has 1 aromatic carbocycles. The molecule has 2 atom stereocenters. The van der Waals surface area contributed by atoms with Crippen molar-refractivity contribution in [1.29, 1.82) is 0 Å². The molecule has 21 heavy (non-hydrogen) atoms. The van der Waals surface area contributed by atoms with Crippen LogP contribution in [0.5, 0.6) is 11.5 Å². The molecule has 0 spiro atoms. The van der Waals surface area contributed by atoms with Gasteiger partial charge in [0.15, 0.2) is 6.10 Å². The molecule has 0 bridgehead atoms. The number of nitrogens with one attached hydrogen (secondary N) is 1. The Morgan fingerprint density at radius 2 is 2.19 bits per heavy atom. The van der Waals surface area contributed by atoms with Gasteiger partial charge in [0.2, 0.25) is 0 Å². The third-order valence-corrected chi connectivity index (χ3v) is 2.90. The van der Waals surface area contributed by atoms with Crippen LogP contribution in [0.3, 0.4) is 0 Å². The van der Waals surface area contributed by atoms with Crippen LogP contribution in [0.15, 0.2) is 30.9 Å². The Balaban J connectivity index is 2.85. The monoisotopic (exact) mass is 292 g/mol. The number of ether oxygens (including phenoxy) is 2. The lowest BCUT2D eigenvalue weighted by Gasteiger charge is -2.18. The van der Waals surface area contributed by atoms with Gasteiger partial charge in [0, 0.05) is 12.6 Å². The number of amides is 1. The van der Waals surface area contributed by atoms with Gasteiger partial charge in [-0.05, 0) is 44.0 Å². The summed E-state index contributed by atoms with van der Waals surface area (Å²) in [6.07, 6.45) is 1.68. The predicted octanol–water partition coefficient (Wildman–Crippen LogP) is 1.65. The van der Waals surface area contributed by atoms with Gasteiger partial charge >= 0.3 is 0 Å². The molecule has 0 radical (unpaired) electrons. The molecule has 0 aliphatic heterocycles. The first-order valence-corrected chi connectivity index (χ1v) is 6.95. The van der Waals surface area contributed by atoms with Crippen molar-refractivity contribution in [3.05, 3.63) is 36.4 Å². The number of benzene rings is 1. The van der Waals surface area contributed by atoms with Crippen molar-refractivity contribution in [1.82, 2.24) is 5.32 Å². The largest absolute Gasteiger partial charge is 0.497 e. The summed E-state index contributed by atoms with van der Waals surface area (Å²) in [7, 11) is 1.61. The van der Waals surface area contributed by atoms with Crippen LogP contribution in [-0.2, 0) is 11.2 Å². The smallest absolute Gasteiger partial charge is 0.261 e. The zero-order valence-corrected chi connectivity index (χ0v) is 12.9. The van der Waals surface area contributed by atoms with Crippen LogP contribution in [-0.4, -0.2) is 31.7 Å². The van der Waals surface area contributed by atoms with Crippen molar-refractivity contribution in [3.63, 3.8) is 0 Å². The molecule has 116 valence electrons. The number of methoxy groups -OCH3 is 1. The Morgan fingerprint density at radius 1 is 1.48 bits per heavy atom. The highest BCUT2D eigenvalue weighted by Crippen LogP contribution is 2.26. The van der Waals surface area contributed by atoms with Gasteiger partial charge < -0.3 is 20.5 Å². The number of rotatable bonds is 8. The SMILES string of the molecule is C=CCNC(=O)C(C)Oc1ccc(OC)cc1CC(C)N. The predicted molar refractivity (Wildman–Crippen MR) is 83.6 cm³/mol. The molecule has 0 heterocycles. The van der Waals surface area contributed by atoms with E-state index in [1.807, 2.05) is 13.0 Å². The minimum atomic E-state index is -0.592. The standard InChI is InChI=1S/C16H24N2O3/c1-5-8-18-16(19)12(3)21-15-7-6-14(20-4)10-13(15)9-11(2)17/h5-7,10-12H,1,8-9,17H2,2-4H3,(H,18,19). The fourth-order valence-corrected chi connectivity index (χ4v) is 1.86. The van der Waals surface area contributed by atoms with Gasteiger partial charge in [-0.15, -0.1) is 6.58 Å². The van der Waals surface area contributed by atoms with E-state index in [1.165, 1.54) is 0 Å². The Bertz CT molecular complexity index is 486. The average Bonchev–Trinajstić information content (AvgIpc) is 2.45. The lowest BCUT2D eigenvalue weighted by Crippen LogP contribution is -2.36. The van der Waals surface area contributed by atoms with Gasteiger partial charge in [0.05, 0.1) is 7.11 Å².